The standard InChI is InChI=1S/C40H38O4/c1-39(2,3)37(41)43-33-21-25-19-32-26(20-31(25)29-17-15-23-11-7-9-13-27(23)35(29)33)22-34(44-38(42)40(4,5)6)36-28-14-10-8-12-24(28)16-18-30(32)36/h7-20,33-34H,21-22H2,1-6H3. The van der Waals surface area contributed by atoms with Crippen molar-refractivity contribution in [2.45, 2.75) is 66.6 Å². The van der Waals surface area contributed by atoms with E-state index < -0.39 is 23.0 Å². The van der Waals surface area contributed by atoms with Crippen molar-refractivity contribution in [3.63, 3.8) is 0 Å². The Kier molecular flexibility index (Phi) is 6.47. The molecule has 0 radical (unpaired) electrons. The molecule has 0 saturated heterocycles. The number of benzene rings is 5. The predicted octanol–water partition coefficient (Wildman–Crippen LogP) is 9.70. The molecule has 0 spiro atoms. The normalized spacial score (nSPS) is 17.3. The molecule has 4 heteroatoms. The summed E-state index contributed by atoms with van der Waals surface area (Å²) in [5.41, 5.74) is 7.69. The molecule has 2 aliphatic rings. The SMILES string of the molecule is CC(C)(C)C(=O)OC1Cc2cc3c(cc2-c2ccc4ccccc4c21)CC(OC(=O)C(C)(C)C)c1c-3ccc2ccccc12. The predicted molar refractivity (Wildman–Crippen MR) is 176 cm³/mol. The van der Waals surface area contributed by atoms with E-state index in [9.17, 15) is 9.59 Å². The number of esters is 2. The van der Waals surface area contributed by atoms with Crippen LogP contribution in [0, 0.1) is 10.8 Å². The molecule has 0 N–H and O–H groups in total. The molecule has 4 nitrogen and oxygen atoms in total. The molecule has 0 fully saturated rings. The molecule has 2 unspecified atom stereocenters. The van der Waals surface area contributed by atoms with Crippen LogP contribution in [0.25, 0.3) is 43.8 Å². The van der Waals surface area contributed by atoms with Crippen LogP contribution in [0.5, 0.6) is 0 Å². The van der Waals surface area contributed by atoms with Crippen molar-refractivity contribution in [1.82, 2.24) is 0 Å². The first-order valence-electron chi connectivity index (χ1n) is 15.5. The second-order valence-corrected chi connectivity index (χ2v) is 14.4. The molecule has 2 atom stereocenters. The Balaban J connectivity index is 1.43. The molecule has 0 amide bonds. The number of ether oxygens (including phenoxy) is 2. The largest absolute Gasteiger partial charge is 0.457 e. The summed E-state index contributed by atoms with van der Waals surface area (Å²) in [6, 6.07) is 29.8. The van der Waals surface area contributed by atoms with Crippen molar-refractivity contribution in [3.8, 4) is 22.3 Å². The molecule has 44 heavy (non-hydrogen) atoms. The van der Waals surface area contributed by atoms with Crippen molar-refractivity contribution < 1.29 is 19.1 Å². The smallest absolute Gasteiger partial charge is 0.311 e. The molecular weight excluding hydrogens is 544 g/mol. The van der Waals surface area contributed by atoms with Gasteiger partial charge in [0.25, 0.3) is 0 Å². The van der Waals surface area contributed by atoms with Gasteiger partial charge in [-0.05, 0) is 96.5 Å². The molecule has 5 aromatic carbocycles. The first kappa shape index (κ1) is 28.3. The summed E-state index contributed by atoms with van der Waals surface area (Å²) in [5, 5.41) is 4.46. The lowest BCUT2D eigenvalue weighted by atomic mass is 9.75. The van der Waals surface area contributed by atoms with Crippen LogP contribution in [-0.2, 0) is 31.9 Å². The minimum absolute atomic E-state index is 0.205. The van der Waals surface area contributed by atoms with Crippen LogP contribution in [0.15, 0.2) is 84.9 Å². The van der Waals surface area contributed by atoms with Gasteiger partial charge in [0.05, 0.1) is 10.8 Å². The highest BCUT2D eigenvalue weighted by molar-refractivity contribution is 5.97. The maximum absolute atomic E-state index is 13.2. The van der Waals surface area contributed by atoms with Crippen molar-refractivity contribution >= 4 is 33.5 Å². The highest BCUT2D eigenvalue weighted by Gasteiger charge is 2.37. The summed E-state index contributed by atoms with van der Waals surface area (Å²) in [6.07, 6.45) is 0.398. The van der Waals surface area contributed by atoms with Gasteiger partial charge in [-0.2, -0.15) is 0 Å². The fourth-order valence-corrected chi connectivity index (χ4v) is 6.70. The maximum atomic E-state index is 13.2. The van der Waals surface area contributed by atoms with Crippen LogP contribution in [0.2, 0.25) is 0 Å². The van der Waals surface area contributed by atoms with Crippen molar-refractivity contribution in [1.29, 1.82) is 0 Å². The Bertz CT molecular complexity index is 1840. The highest BCUT2D eigenvalue weighted by atomic mass is 16.5. The van der Waals surface area contributed by atoms with Gasteiger partial charge in [-0.25, -0.2) is 0 Å². The van der Waals surface area contributed by atoms with E-state index in [-0.39, 0.29) is 11.9 Å². The van der Waals surface area contributed by atoms with E-state index in [0.29, 0.717) is 12.8 Å². The van der Waals surface area contributed by atoms with Crippen LogP contribution in [0.4, 0.5) is 0 Å². The second kappa shape index (κ2) is 10.1. The highest BCUT2D eigenvalue weighted by Crippen LogP contribution is 2.50. The average Bonchev–Trinajstić information content (AvgIpc) is 2.98. The first-order valence-corrected chi connectivity index (χ1v) is 15.5. The van der Waals surface area contributed by atoms with Gasteiger partial charge in [-0.15, -0.1) is 0 Å². The Labute approximate surface area is 259 Å². The third-order valence-corrected chi connectivity index (χ3v) is 9.03. The number of carbonyl (C=O) groups excluding carboxylic acids is 2. The summed E-state index contributed by atoms with van der Waals surface area (Å²) in [7, 11) is 0. The van der Waals surface area contributed by atoms with Crippen LogP contribution < -0.4 is 0 Å². The lowest BCUT2D eigenvalue weighted by molar-refractivity contribution is -0.159. The topological polar surface area (TPSA) is 52.6 Å². The van der Waals surface area contributed by atoms with E-state index in [0.717, 1.165) is 66.1 Å². The first-order chi connectivity index (χ1) is 20.9. The van der Waals surface area contributed by atoms with Gasteiger partial charge in [0.15, 0.2) is 0 Å². The Morgan fingerprint density at radius 1 is 0.545 bits per heavy atom. The van der Waals surface area contributed by atoms with E-state index in [1.165, 1.54) is 0 Å². The lowest BCUT2D eigenvalue weighted by Crippen LogP contribution is -2.28. The Hall–Kier alpha value is -4.44. The zero-order chi connectivity index (χ0) is 31.0. The van der Waals surface area contributed by atoms with E-state index >= 15 is 0 Å². The van der Waals surface area contributed by atoms with Gasteiger partial charge in [0.1, 0.15) is 12.2 Å². The summed E-state index contributed by atoms with van der Waals surface area (Å²) in [5.74, 6) is -0.411. The third-order valence-electron chi connectivity index (χ3n) is 9.03. The molecule has 0 heterocycles. The molecule has 2 aliphatic carbocycles. The molecule has 0 aromatic heterocycles. The van der Waals surface area contributed by atoms with E-state index in [2.05, 4.69) is 60.7 Å². The second-order valence-electron chi connectivity index (χ2n) is 14.4. The maximum Gasteiger partial charge on any atom is 0.311 e. The number of hydrogen-bond acceptors (Lipinski definition) is 4. The molecule has 0 bridgehead atoms. The van der Waals surface area contributed by atoms with Crippen LogP contribution in [0.3, 0.4) is 0 Å². The van der Waals surface area contributed by atoms with Crippen LogP contribution in [0.1, 0.15) is 76.0 Å². The van der Waals surface area contributed by atoms with Gasteiger partial charge in [-0.1, -0.05) is 84.9 Å². The minimum Gasteiger partial charge on any atom is -0.457 e. The van der Waals surface area contributed by atoms with Gasteiger partial charge in [0.2, 0.25) is 0 Å². The minimum atomic E-state index is -0.611. The summed E-state index contributed by atoms with van der Waals surface area (Å²) in [4.78, 5) is 26.5. The zero-order valence-electron chi connectivity index (χ0n) is 26.3. The van der Waals surface area contributed by atoms with E-state index in [4.69, 9.17) is 9.47 Å². The quantitative estimate of drug-likeness (QED) is 0.194. The zero-order valence-corrected chi connectivity index (χ0v) is 26.3. The van der Waals surface area contributed by atoms with Crippen molar-refractivity contribution in [2.75, 3.05) is 0 Å². The van der Waals surface area contributed by atoms with Crippen molar-refractivity contribution in [2.24, 2.45) is 10.8 Å². The molecule has 0 aliphatic heterocycles. The fourth-order valence-electron chi connectivity index (χ4n) is 6.70. The van der Waals surface area contributed by atoms with Gasteiger partial charge in [0, 0.05) is 24.0 Å². The van der Waals surface area contributed by atoms with Crippen LogP contribution >= 0.6 is 0 Å². The summed E-state index contributed by atoms with van der Waals surface area (Å²) in [6.45, 7) is 11.4. The molecule has 0 saturated carbocycles. The monoisotopic (exact) mass is 582 g/mol. The molecule has 5 aromatic rings. The molecule has 222 valence electrons. The Morgan fingerprint density at radius 3 is 1.32 bits per heavy atom. The number of hydrogen-bond donors (Lipinski definition) is 0. The lowest BCUT2D eigenvalue weighted by Gasteiger charge is -2.34. The van der Waals surface area contributed by atoms with Gasteiger partial charge >= 0.3 is 11.9 Å². The van der Waals surface area contributed by atoms with Gasteiger partial charge < -0.3 is 9.47 Å². The third kappa shape index (κ3) is 4.68. The summed E-state index contributed by atoms with van der Waals surface area (Å²) >= 11 is 0. The number of rotatable bonds is 2. The molecular formula is C40H38O4. The fraction of sp³-hybridized carbons (Fsp3) is 0.300. The molecule has 7 rings (SSSR count). The van der Waals surface area contributed by atoms with Gasteiger partial charge in [-0.3, -0.25) is 9.59 Å². The number of fused-ring (bicyclic) bond motifs is 10. The van der Waals surface area contributed by atoms with E-state index in [1.807, 2.05) is 65.8 Å². The number of carbonyl (C=O) groups is 2. The van der Waals surface area contributed by atoms with Crippen molar-refractivity contribution in [3.05, 3.63) is 107 Å². The van der Waals surface area contributed by atoms with Crippen LogP contribution in [-0.4, -0.2) is 11.9 Å². The summed E-state index contributed by atoms with van der Waals surface area (Å²) < 4.78 is 12.6. The Morgan fingerprint density at radius 2 is 0.932 bits per heavy atom. The van der Waals surface area contributed by atoms with E-state index in [1.54, 1.807) is 0 Å². The average molecular weight is 583 g/mol.